The van der Waals surface area contributed by atoms with Crippen LogP contribution in [0.15, 0.2) is 11.0 Å². The van der Waals surface area contributed by atoms with Crippen molar-refractivity contribution in [1.29, 1.82) is 0 Å². The molecule has 1 aromatic carbocycles. The molecule has 0 spiro atoms. The summed E-state index contributed by atoms with van der Waals surface area (Å²) < 4.78 is 32.2. The summed E-state index contributed by atoms with van der Waals surface area (Å²) in [5.41, 5.74) is 0. The van der Waals surface area contributed by atoms with Crippen molar-refractivity contribution in [3.63, 3.8) is 0 Å². The fourth-order valence-corrected chi connectivity index (χ4v) is 2.92. The Kier molecular flexibility index (Phi) is 6.25. The van der Waals surface area contributed by atoms with Crippen LogP contribution in [0.3, 0.4) is 0 Å². The monoisotopic (exact) mass is 316 g/mol. The van der Waals surface area contributed by atoms with Crippen LogP contribution in [-0.2, 0) is 10.1 Å². The van der Waals surface area contributed by atoms with Crippen LogP contribution < -0.4 is 29.6 Å². The first-order valence-electron chi connectivity index (χ1n) is 3.04. The Bertz CT molecular complexity index is 461. The second kappa shape index (κ2) is 5.76. The van der Waals surface area contributed by atoms with Crippen molar-refractivity contribution in [1.82, 2.24) is 0 Å². The van der Waals surface area contributed by atoms with E-state index >= 15 is 0 Å². The minimum Gasteiger partial charge on any atom is -0.744 e. The van der Waals surface area contributed by atoms with E-state index < -0.39 is 25.1 Å². The van der Waals surface area contributed by atoms with Crippen LogP contribution in [0, 0.1) is 0 Å². The maximum absolute atomic E-state index is 10.7. The Labute approximate surface area is 129 Å². The van der Waals surface area contributed by atoms with E-state index in [-0.39, 0.29) is 39.6 Å². The van der Waals surface area contributed by atoms with Gasteiger partial charge in [-0.1, -0.05) is 46.4 Å². The standard InChI is InChI=1S/C6H2Cl4O3S.Na/c7-2-1-3(8)5(10)6(4(2)9)14(11,12)13;/h1H,(H,11,12,13);/q;+1/p-1. The molecule has 9 heteroatoms. The van der Waals surface area contributed by atoms with Crippen LogP contribution in [0.5, 0.6) is 0 Å². The molecule has 0 amide bonds. The van der Waals surface area contributed by atoms with Crippen molar-refractivity contribution in [3.05, 3.63) is 26.2 Å². The molecular weight excluding hydrogens is 317 g/mol. The SMILES string of the molecule is O=S(=O)([O-])c1c(Cl)c(Cl)cc(Cl)c1Cl.[Na+]. The molecule has 3 nitrogen and oxygen atoms in total. The molecule has 0 saturated heterocycles. The van der Waals surface area contributed by atoms with Crippen molar-refractivity contribution >= 4 is 56.5 Å². The van der Waals surface area contributed by atoms with Crippen molar-refractivity contribution in [2.75, 3.05) is 0 Å². The smallest absolute Gasteiger partial charge is 0.744 e. The Morgan fingerprint density at radius 2 is 1.33 bits per heavy atom. The number of benzene rings is 1. The van der Waals surface area contributed by atoms with Gasteiger partial charge < -0.3 is 4.55 Å². The minimum absolute atomic E-state index is 0. The van der Waals surface area contributed by atoms with E-state index in [2.05, 4.69) is 0 Å². The second-order valence-electron chi connectivity index (χ2n) is 2.25. The van der Waals surface area contributed by atoms with Crippen LogP contribution in [-0.4, -0.2) is 13.0 Å². The van der Waals surface area contributed by atoms with Crippen molar-refractivity contribution < 1.29 is 42.5 Å². The molecule has 78 valence electrons. The van der Waals surface area contributed by atoms with E-state index in [0.29, 0.717) is 0 Å². The quantitative estimate of drug-likeness (QED) is 0.423. The van der Waals surface area contributed by atoms with Gasteiger partial charge in [-0.2, -0.15) is 0 Å². The molecule has 0 N–H and O–H groups in total. The van der Waals surface area contributed by atoms with E-state index in [1.807, 2.05) is 0 Å². The molecule has 0 heterocycles. The Balaban J connectivity index is 0.00000196. The fraction of sp³-hybridized carbons (Fsp3) is 0. The Morgan fingerprint density at radius 3 is 1.60 bits per heavy atom. The molecular formula is C6HCl4NaO3S. The van der Waals surface area contributed by atoms with Gasteiger partial charge in [-0.15, -0.1) is 0 Å². The third-order valence-corrected chi connectivity index (χ3v) is 4.03. The second-order valence-corrected chi connectivity index (χ2v) is 5.14. The molecule has 0 fully saturated rings. The molecule has 1 rings (SSSR count). The molecule has 0 aliphatic rings. The van der Waals surface area contributed by atoms with Gasteiger partial charge in [-0.3, -0.25) is 0 Å². The largest absolute Gasteiger partial charge is 1.00 e. The van der Waals surface area contributed by atoms with Crippen LogP contribution in [0.2, 0.25) is 20.1 Å². The van der Waals surface area contributed by atoms with Crippen molar-refractivity contribution in [2.24, 2.45) is 0 Å². The van der Waals surface area contributed by atoms with Gasteiger partial charge in [-0.05, 0) is 6.07 Å². The maximum atomic E-state index is 10.7. The predicted molar refractivity (Wildman–Crippen MR) is 54.4 cm³/mol. The first-order chi connectivity index (χ1) is 6.25. The normalized spacial score (nSPS) is 11.0. The van der Waals surface area contributed by atoms with E-state index in [1.54, 1.807) is 0 Å². The molecule has 0 atom stereocenters. The summed E-state index contributed by atoms with van der Waals surface area (Å²) >= 11 is 22.0. The summed E-state index contributed by atoms with van der Waals surface area (Å²) in [7, 11) is -4.79. The molecule has 0 bridgehead atoms. The fourth-order valence-electron chi connectivity index (χ4n) is 0.771. The molecule has 0 saturated carbocycles. The van der Waals surface area contributed by atoms with Crippen LogP contribution in [0.25, 0.3) is 0 Å². The number of rotatable bonds is 1. The van der Waals surface area contributed by atoms with Crippen LogP contribution in [0.4, 0.5) is 0 Å². The molecule has 0 aliphatic carbocycles. The van der Waals surface area contributed by atoms with Crippen molar-refractivity contribution in [3.8, 4) is 0 Å². The topological polar surface area (TPSA) is 57.2 Å². The summed E-state index contributed by atoms with van der Waals surface area (Å²) in [6, 6.07) is 1.16. The third kappa shape index (κ3) is 3.63. The van der Waals surface area contributed by atoms with Gasteiger partial charge in [0.2, 0.25) is 0 Å². The first kappa shape index (κ1) is 16.3. The zero-order chi connectivity index (χ0) is 11.1. The Morgan fingerprint density at radius 1 is 1.00 bits per heavy atom. The summed E-state index contributed by atoms with van der Waals surface area (Å²) in [6.07, 6.45) is 0. The molecule has 15 heavy (non-hydrogen) atoms. The number of hydrogen-bond acceptors (Lipinski definition) is 3. The average molecular weight is 318 g/mol. The summed E-state index contributed by atoms with van der Waals surface area (Å²) in [6.45, 7) is 0. The summed E-state index contributed by atoms with van der Waals surface area (Å²) in [5.74, 6) is 0. The van der Waals surface area contributed by atoms with E-state index in [0.717, 1.165) is 6.07 Å². The first-order valence-corrected chi connectivity index (χ1v) is 5.96. The van der Waals surface area contributed by atoms with Crippen molar-refractivity contribution in [2.45, 2.75) is 4.90 Å². The molecule has 0 radical (unpaired) electrons. The third-order valence-electron chi connectivity index (χ3n) is 1.32. The van der Waals surface area contributed by atoms with Gasteiger partial charge in [0.05, 0.1) is 25.0 Å². The van der Waals surface area contributed by atoms with Crippen LogP contribution >= 0.6 is 46.4 Å². The molecule has 0 unspecified atom stereocenters. The maximum Gasteiger partial charge on any atom is 1.00 e. The molecule has 0 aromatic heterocycles. The molecule has 1 aromatic rings. The predicted octanol–water partition coefficient (Wildman–Crippen LogP) is 0.208. The van der Waals surface area contributed by atoms with E-state index in [9.17, 15) is 13.0 Å². The minimum atomic E-state index is -4.79. The van der Waals surface area contributed by atoms with Gasteiger partial charge >= 0.3 is 29.6 Å². The van der Waals surface area contributed by atoms with Gasteiger partial charge in [0.25, 0.3) is 0 Å². The zero-order valence-electron chi connectivity index (χ0n) is 7.22. The van der Waals surface area contributed by atoms with Gasteiger partial charge in [0.15, 0.2) is 0 Å². The molecule has 0 aliphatic heterocycles. The van der Waals surface area contributed by atoms with Gasteiger partial charge in [0, 0.05) is 0 Å². The van der Waals surface area contributed by atoms with Gasteiger partial charge in [0.1, 0.15) is 10.1 Å². The zero-order valence-corrected chi connectivity index (χ0v) is 13.1. The average Bonchev–Trinajstić information content (AvgIpc) is 1.98. The summed E-state index contributed by atoms with van der Waals surface area (Å²) in [5, 5.41) is -1.13. The van der Waals surface area contributed by atoms with E-state index in [4.69, 9.17) is 46.4 Å². The van der Waals surface area contributed by atoms with E-state index in [1.165, 1.54) is 0 Å². The van der Waals surface area contributed by atoms with Gasteiger partial charge in [-0.25, -0.2) is 8.42 Å². The summed E-state index contributed by atoms with van der Waals surface area (Å²) in [4.78, 5) is -0.793. The number of halogens is 4. The van der Waals surface area contributed by atoms with Crippen LogP contribution in [0.1, 0.15) is 0 Å². The Hall–Kier alpha value is 1.29. The number of hydrogen-bond donors (Lipinski definition) is 0.